The predicted molar refractivity (Wildman–Crippen MR) is 140 cm³/mol. The van der Waals surface area contributed by atoms with Crippen LogP contribution in [-0.2, 0) is 15.6 Å². The van der Waals surface area contributed by atoms with E-state index in [0.29, 0.717) is 0 Å². The van der Waals surface area contributed by atoms with Crippen molar-refractivity contribution in [2.45, 2.75) is 63.2 Å². The van der Waals surface area contributed by atoms with Gasteiger partial charge in [0.25, 0.3) is 0 Å². The van der Waals surface area contributed by atoms with Gasteiger partial charge < -0.3 is 4.74 Å². The van der Waals surface area contributed by atoms with Crippen molar-refractivity contribution < 1.29 is 4.74 Å². The van der Waals surface area contributed by atoms with E-state index in [1.165, 1.54) is 45.6 Å². The van der Waals surface area contributed by atoms with Gasteiger partial charge >= 0.3 is 0 Å². The average molecular weight is 450 g/mol. The monoisotopic (exact) mass is 449 g/mol. The molecular weight excluding hydrogens is 410 g/mol. The third-order valence-electron chi connectivity index (χ3n) is 7.35. The Kier molecular flexibility index (Phi) is 7.19. The number of hydrogen-bond acceptors (Lipinski definition) is 3. The van der Waals surface area contributed by atoms with Gasteiger partial charge in [-0.1, -0.05) is 64.1 Å². The maximum atomic E-state index is 5.43. The number of rotatable bonds is 6. The van der Waals surface area contributed by atoms with Crippen molar-refractivity contribution in [3.8, 4) is 0 Å². The quantitative estimate of drug-likeness (QED) is 0.347. The molecule has 0 radical (unpaired) electrons. The first-order valence-corrected chi connectivity index (χ1v) is 13.1. The molecule has 2 aliphatic rings. The van der Waals surface area contributed by atoms with Crippen molar-refractivity contribution in [1.82, 2.24) is 4.90 Å². The fourth-order valence-corrected chi connectivity index (χ4v) is 5.86. The van der Waals surface area contributed by atoms with Crippen molar-refractivity contribution in [2.24, 2.45) is 0 Å². The first kappa shape index (κ1) is 23.6. The fourth-order valence-electron chi connectivity index (χ4n) is 4.94. The molecule has 1 aliphatic carbocycles. The molecule has 0 spiro atoms. The Balaban J connectivity index is 1.42. The van der Waals surface area contributed by atoms with Crippen LogP contribution in [0.1, 0.15) is 69.7 Å². The minimum absolute atomic E-state index is 0.251. The molecule has 1 aliphatic heterocycles. The molecule has 0 saturated carbocycles. The van der Waals surface area contributed by atoms with Gasteiger partial charge in [-0.15, -0.1) is 11.8 Å². The van der Waals surface area contributed by atoms with Gasteiger partial charge in [0, 0.05) is 30.3 Å². The highest BCUT2D eigenvalue weighted by Gasteiger charge is 2.36. The standard InChI is InChI=1S/C29H39NOS/c1-22(24-8-11-26-27(21-24)29(4,5)13-12-28(26,2)3)20-23-6-9-25(10-7-23)32-19-16-30-14-17-31-18-15-30/h6-11,20-21H,12-19H2,1-5H3. The van der Waals surface area contributed by atoms with Crippen LogP contribution < -0.4 is 0 Å². The zero-order chi connectivity index (χ0) is 22.8. The highest BCUT2D eigenvalue weighted by Crippen LogP contribution is 2.46. The largest absolute Gasteiger partial charge is 0.379 e. The van der Waals surface area contributed by atoms with E-state index < -0.39 is 0 Å². The van der Waals surface area contributed by atoms with Crippen LogP contribution in [0, 0.1) is 0 Å². The molecular formula is C29H39NOS. The van der Waals surface area contributed by atoms with Gasteiger partial charge in [0.15, 0.2) is 0 Å². The van der Waals surface area contributed by atoms with Crippen LogP contribution in [0.25, 0.3) is 11.6 Å². The van der Waals surface area contributed by atoms with Crippen LogP contribution in [0.3, 0.4) is 0 Å². The molecule has 4 rings (SSSR count). The second-order valence-corrected chi connectivity index (χ2v) is 11.9. The highest BCUT2D eigenvalue weighted by molar-refractivity contribution is 7.99. The van der Waals surface area contributed by atoms with Crippen molar-refractivity contribution in [3.63, 3.8) is 0 Å². The van der Waals surface area contributed by atoms with Gasteiger partial charge in [0.05, 0.1) is 13.2 Å². The second-order valence-electron chi connectivity index (χ2n) is 10.7. The summed E-state index contributed by atoms with van der Waals surface area (Å²) in [5.41, 5.74) is 7.54. The van der Waals surface area contributed by atoms with Gasteiger partial charge in [0.2, 0.25) is 0 Å². The lowest BCUT2D eigenvalue weighted by Crippen LogP contribution is -2.37. The molecule has 0 aromatic heterocycles. The number of thioether (sulfide) groups is 1. The van der Waals surface area contributed by atoms with E-state index in [-0.39, 0.29) is 10.8 Å². The Labute approximate surface area is 199 Å². The molecule has 0 amide bonds. The molecule has 0 atom stereocenters. The lowest BCUT2D eigenvalue weighted by molar-refractivity contribution is 0.0410. The summed E-state index contributed by atoms with van der Waals surface area (Å²) < 4.78 is 5.43. The molecule has 3 heteroatoms. The third kappa shape index (κ3) is 5.50. The zero-order valence-electron chi connectivity index (χ0n) is 20.5. The van der Waals surface area contributed by atoms with Crippen molar-refractivity contribution >= 4 is 23.4 Å². The molecule has 0 unspecified atom stereocenters. The van der Waals surface area contributed by atoms with Gasteiger partial charge in [-0.05, 0) is 70.6 Å². The molecule has 2 aromatic rings. The van der Waals surface area contributed by atoms with E-state index in [1.54, 1.807) is 0 Å². The van der Waals surface area contributed by atoms with Crippen molar-refractivity contribution in [3.05, 3.63) is 64.7 Å². The summed E-state index contributed by atoms with van der Waals surface area (Å²) in [5, 5.41) is 0. The number of ether oxygens (including phenoxy) is 1. The van der Waals surface area contributed by atoms with Gasteiger partial charge in [-0.3, -0.25) is 4.90 Å². The smallest absolute Gasteiger partial charge is 0.0594 e. The number of hydrogen-bond donors (Lipinski definition) is 0. The Bertz CT molecular complexity index is 952. The summed E-state index contributed by atoms with van der Waals surface area (Å²) in [6, 6.07) is 16.2. The normalized spacial score (nSPS) is 20.7. The zero-order valence-corrected chi connectivity index (χ0v) is 21.4. The molecule has 172 valence electrons. The van der Waals surface area contributed by atoms with Crippen LogP contribution in [0.15, 0.2) is 47.4 Å². The van der Waals surface area contributed by atoms with Gasteiger partial charge in [0.1, 0.15) is 0 Å². The summed E-state index contributed by atoms with van der Waals surface area (Å²) in [6.07, 6.45) is 4.84. The van der Waals surface area contributed by atoms with E-state index in [4.69, 9.17) is 4.74 Å². The van der Waals surface area contributed by atoms with Gasteiger partial charge in [-0.2, -0.15) is 0 Å². The Morgan fingerprint density at radius 3 is 2.28 bits per heavy atom. The average Bonchev–Trinajstić information content (AvgIpc) is 2.79. The molecule has 1 saturated heterocycles. The maximum Gasteiger partial charge on any atom is 0.0594 e. The number of benzene rings is 2. The molecule has 0 N–H and O–H groups in total. The third-order valence-corrected chi connectivity index (χ3v) is 8.34. The molecule has 1 heterocycles. The Morgan fingerprint density at radius 1 is 0.938 bits per heavy atom. The van der Waals surface area contributed by atoms with Crippen LogP contribution in [0.2, 0.25) is 0 Å². The summed E-state index contributed by atoms with van der Waals surface area (Å²) in [6.45, 7) is 16.9. The van der Waals surface area contributed by atoms with E-state index in [2.05, 4.69) is 88.1 Å². The number of nitrogens with zero attached hydrogens (tertiary/aromatic N) is 1. The van der Waals surface area contributed by atoms with Crippen molar-refractivity contribution in [1.29, 1.82) is 0 Å². The van der Waals surface area contributed by atoms with Crippen LogP contribution in [0.5, 0.6) is 0 Å². The lowest BCUT2D eigenvalue weighted by Gasteiger charge is -2.42. The summed E-state index contributed by atoms with van der Waals surface area (Å²) in [4.78, 5) is 3.85. The molecule has 1 fully saturated rings. The van der Waals surface area contributed by atoms with E-state index in [0.717, 1.165) is 38.6 Å². The second kappa shape index (κ2) is 9.75. The highest BCUT2D eigenvalue weighted by atomic mass is 32.2. The number of morpholine rings is 1. The van der Waals surface area contributed by atoms with Gasteiger partial charge in [-0.25, -0.2) is 0 Å². The molecule has 2 nitrogen and oxygen atoms in total. The van der Waals surface area contributed by atoms with E-state index >= 15 is 0 Å². The fraction of sp³-hybridized carbons (Fsp3) is 0.517. The Morgan fingerprint density at radius 2 is 1.59 bits per heavy atom. The maximum absolute atomic E-state index is 5.43. The first-order valence-electron chi connectivity index (χ1n) is 12.1. The molecule has 0 bridgehead atoms. The van der Waals surface area contributed by atoms with Crippen LogP contribution >= 0.6 is 11.8 Å². The SMILES string of the molecule is CC(=Cc1ccc(SCCN2CCOCC2)cc1)c1ccc2c(c1)C(C)(C)CCC2(C)C. The molecule has 32 heavy (non-hydrogen) atoms. The van der Waals surface area contributed by atoms with E-state index in [1.807, 2.05) is 11.8 Å². The summed E-state index contributed by atoms with van der Waals surface area (Å²) >= 11 is 1.95. The molecule has 2 aromatic carbocycles. The number of fused-ring (bicyclic) bond motifs is 1. The van der Waals surface area contributed by atoms with Crippen molar-refractivity contribution in [2.75, 3.05) is 38.6 Å². The van der Waals surface area contributed by atoms with Crippen LogP contribution in [-0.4, -0.2) is 43.5 Å². The predicted octanol–water partition coefficient (Wildman–Crippen LogP) is 7.02. The first-order chi connectivity index (χ1) is 15.2. The van der Waals surface area contributed by atoms with Crippen LogP contribution in [0.4, 0.5) is 0 Å². The summed E-state index contributed by atoms with van der Waals surface area (Å²) in [7, 11) is 0. The Hall–Kier alpha value is -1.55. The minimum atomic E-state index is 0.251. The number of allylic oxidation sites excluding steroid dienone is 1. The summed E-state index contributed by atoms with van der Waals surface area (Å²) in [5.74, 6) is 1.13. The van der Waals surface area contributed by atoms with E-state index in [9.17, 15) is 0 Å². The topological polar surface area (TPSA) is 12.5 Å². The lowest BCUT2D eigenvalue weighted by atomic mass is 9.63. The minimum Gasteiger partial charge on any atom is -0.379 e.